The Morgan fingerprint density at radius 2 is 1.95 bits per heavy atom. The van der Waals surface area contributed by atoms with Gasteiger partial charge in [0, 0.05) is 18.2 Å². The van der Waals surface area contributed by atoms with Crippen molar-refractivity contribution < 1.29 is 18.0 Å². The summed E-state index contributed by atoms with van der Waals surface area (Å²) in [4.78, 5) is 11.7. The van der Waals surface area contributed by atoms with E-state index in [4.69, 9.17) is 0 Å². The van der Waals surface area contributed by atoms with Gasteiger partial charge in [-0.3, -0.25) is 4.79 Å². The van der Waals surface area contributed by atoms with Crippen molar-refractivity contribution in [3.05, 3.63) is 35.4 Å². The van der Waals surface area contributed by atoms with Gasteiger partial charge < -0.3 is 10.6 Å². The number of rotatable bonds is 3. The van der Waals surface area contributed by atoms with E-state index in [-0.39, 0.29) is 29.9 Å². The van der Waals surface area contributed by atoms with E-state index in [0.717, 1.165) is 31.5 Å². The molecule has 0 spiro atoms. The molecule has 0 unspecified atom stereocenters. The second kappa shape index (κ2) is 6.95. The zero-order chi connectivity index (χ0) is 13.9. The standard InChI is InChI=1S/C13H15F3N2O.ClH/c14-13(15,16)10-5-3-9(4-6-10)12(19)18-8-11-2-1-7-17-11;/h3-6,11,17H,1-2,7-8H2,(H,18,19);1H/t11-;/m1./s1. The Balaban J connectivity index is 0.00000200. The normalized spacial score (nSPS) is 18.4. The van der Waals surface area contributed by atoms with Crippen LogP contribution in [0.2, 0.25) is 0 Å². The highest BCUT2D eigenvalue weighted by molar-refractivity contribution is 5.94. The van der Waals surface area contributed by atoms with E-state index in [1.165, 1.54) is 12.1 Å². The van der Waals surface area contributed by atoms with E-state index in [1.807, 2.05) is 0 Å². The summed E-state index contributed by atoms with van der Waals surface area (Å²) >= 11 is 0. The van der Waals surface area contributed by atoms with E-state index in [2.05, 4.69) is 10.6 Å². The van der Waals surface area contributed by atoms with Crippen molar-refractivity contribution in [2.24, 2.45) is 0 Å². The Morgan fingerprint density at radius 3 is 2.45 bits per heavy atom. The molecule has 0 radical (unpaired) electrons. The average molecular weight is 309 g/mol. The highest BCUT2D eigenvalue weighted by atomic mass is 35.5. The van der Waals surface area contributed by atoms with Crippen LogP contribution < -0.4 is 10.6 Å². The number of alkyl halides is 3. The third-order valence-corrected chi connectivity index (χ3v) is 3.15. The van der Waals surface area contributed by atoms with E-state index in [0.29, 0.717) is 6.54 Å². The van der Waals surface area contributed by atoms with Crippen LogP contribution in [0.5, 0.6) is 0 Å². The minimum Gasteiger partial charge on any atom is -0.350 e. The summed E-state index contributed by atoms with van der Waals surface area (Å²) in [6.07, 6.45) is -2.28. The predicted molar refractivity (Wildman–Crippen MR) is 72.0 cm³/mol. The van der Waals surface area contributed by atoms with Gasteiger partial charge in [-0.15, -0.1) is 12.4 Å². The summed E-state index contributed by atoms with van der Waals surface area (Å²) in [7, 11) is 0. The molecular weight excluding hydrogens is 293 g/mol. The topological polar surface area (TPSA) is 41.1 Å². The molecule has 112 valence electrons. The van der Waals surface area contributed by atoms with Crippen LogP contribution in [0.4, 0.5) is 13.2 Å². The van der Waals surface area contributed by atoms with Crippen LogP contribution in [0, 0.1) is 0 Å². The molecular formula is C13H16ClF3N2O. The molecule has 2 N–H and O–H groups in total. The monoisotopic (exact) mass is 308 g/mol. The number of carbonyl (C=O) groups is 1. The first-order valence-corrected chi connectivity index (χ1v) is 6.15. The van der Waals surface area contributed by atoms with Crippen LogP contribution in [-0.4, -0.2) is 25.0 Å². The number of nitrogens with one attached hydrogen (secondary N) is 2. The van der Waals surface area contributed by atoms with Gasteiger partial charge in [0.05, 0.1) is 5.56 Å². The summed E-state index contributed by atoms with van der Waals surface area (Å²) in [5.74, 6) is -0.345. The van der Waals surface area contributed by atoms with Gasteiger partial charge in [-0.2, -0.15) is 13.2 Å². The average Bonchev–Trinajstić information content (AvgIpc) is 2.88. The van der Waals surface area contributed by atoms with Crippen molar-refractivity contribution in [1.29, 1.82) is 0 Å². The molecule has 1 amide bonds. The quantitative estimate of drug-likeness (QED) is 0.901. The van der Waals surface area contributed by atoms with Gasteiger partial charge in [0.15, 0.2) is 0 Å². The fraction of sp³-hybridized carbons (Fsp3) is 0.462. The molecule has 1 aliphatic heterocycles. The molecule has 0 bridgehead atoms. The van der Waals surface area contributed by atoms with Crippen molar-refractivity contribution in [3.63, 3.8) is 0 Å². The summed E-state index contributed by atoms with van der Waals surface area (Å²) in [5, 5.41) is 5.95. The fourth-order valence-electron chi connectivity index (χ4n) is 2.06. The highest BCUT2D eigenvalue weighted by Crippen LogP contribution is 2.29. The molecule has 1 heterocycles. The molecule has 1 aliphatic rings. The fourth-order valence-corrected chi connectivity index (χ4v) is 2.06. The Labute approximate surface area is 121 Å². The number of benzene rings is 1. The molecule has 0 aromatic heterocycles. The smallest absolute Gasteiger partial charge is 0.350 e. The molecule has 1 aromatic rings. The molecule has 0 saturated carbocycles. The van der Waals surface area contributed by atoms with Crippen molar-refractivity contribution in [3.8, 4) is 0 Å². The summed E-state index contributed by atoms with van der Waals surface area (Å²) < 4.78 is 37.1. The summed E-state index contributed by atoms with van der Waals surface area (Å²) in [6.45, 7) is 1.45. The second-order valence-corrected chi connectivity index (χ2v) is 4.58. The van der Waals surface area contributed by atoms with Crippen molar-refractivity contribution in [2.75, 3.05) is 13.1 Å². The first-order valence-electron chi connectivity index (χ1n) is 6.15. The second-order valence-electron chi connectivity index (χ2n) is 4.58. The number of hydrogen-bond donors (Lipinski definition) is 2. The summed E-state index contributed by atoms with van der Waals surface area (Å²) in [6, 6.07) is 4.49. The van der Waals surface area contributed by atoms with Gasteiger partial charge in [0.1, 0.15) is 0 Å². The van der Waals surface area contributed by atoms with Crippen LogP contribution in [0.25, 0.3) is 0 Å². The lowest BCUT2D eigenvalue weighted by molar-refractivity contribution is -0.137. The lowest BCUT2D eigenvalue weighted by Crippen LogP contribution is -2.37. The maximum absolute atomic E-state index is 12.4. The first-order chi connectivity index (χ1) is 8.97. The van der Waals surface area contributed by atoms with Crippen molar-refractivity contribution in [2.45, 2.75) is 25.1 Å². The van der Waals surface area contributed by atoms with Gasteiger partial charge >= 0.3 is 6.18 Å². The molecule has 7 heteroatoms. The maximum atomic E-state index is 12.4. The van der Waals surface area contributed by atoms with Crippen LogP contribution in [0.3, 0.4) is 0 Å². The zero-order valence-electron chi connectivity index (χ0n) is 10.7. The Bertz CT molecular complexity index is 442. The first kappa shape index (κ1) is 16.8. The van der Waals surface area contributed by atoms with Gasteiger partial charge in [-0.05, 0) is 43.7 Å². The maximum Gasteiger partial charge on any atom is 0.416 e. The zero-order valence-corrected chi connectivity index (χ0v) is 11.5. The SMILES string of the molecule is Cl.O=C(NC[C@H]1CCCN1)c1ccc(C(F)(F)F)cc1. The van der Waals surface area contributed by atoms with E-state index in [9.17, 15) is 18.0 Å². The van der Waals surface area contributed by atoms with Gasteiger partial charge in [0.2, 0.25) is 0 Å². The molecule has 3 nitrogen and oxygen atoms in total. The molecule has 1 fully saturated rings. The van der Waals surface area contributed by atoms with Gasteiger partial charge in [0.25, 0.3) is 5.91 Å². The van der Waals surface area contributed by atoms with E-state index >= 15 is 0 Å². The van der Waals surface area contributed by atoms with Crippen LogP contribution in [-0.2, 0) is 6.18 Å². The van der Waals surface area contributed by atoms with Gasteiger partial charge in [-0.1, -0.05) is 0 Å². The van der Waals surface area contributed by atoms with Crippen LogP contribution >= 0.6 is 12.4 Å². The Morgan fingerprint density at radius 1 is 1.30 bits per heavy atom. The Kier molecular flexibility index (Phi) is 5.83. The third-order valence-electron chi connectivity index (χ3n) is 3.15. The molecule has 0 aliphatic carbocycles. The summed E-state index contributed by atoms with van der Waals surface area (Å²) in [5.41, 5.74) is -0.507. The van der Waals surface area contributed by atoms with Crippen molar-refractivity contribution >= 4 is 18.3 Å². The van der Waals surface area contributed by atoms with E-state index < -0.39 is 11.7 Å². The third kappa shape index (κ3) is 4.38. The van der Waals surface area contributed by atoms with Gasteiger partial charge in [-0.25, -0.2) is 0 Å². The number of carbonyl (C=O) groups excluding carboxylic acids is 1. The number of hydrogen-bond acceptors (Lipinski definition) is 2. The number of halogens is 4. The molecule has 1 aromatic carbocycles. The molecule has 1 saturated heterocycles. The van der Waals surface area contributed by atoms with Crippen LogP contribution in [0.1, 0.15) is 28.8 Å². The van der Waals surface area contributed by atoms with E-state index in [1.54, 1.807) is 0 Å². The molecule has 20 heavy (non-hydrogen) atoms. The number of amides is 1. The molecule has 1 atom stereocenters. The Hall–Kier alpha value is -1.27. The predicted octanol–water partition coefficient (Wildman–Crippen LogP) is 2.61. The van der Waals surface area contributed by atoms with Crippen molar-refractivity contribution in [1.82, 2.24) is 10.6 Å². The minimum absolute atomic E-state index is 0. The van der Waals surface area contributed by atoms with Crippen LogP contribution in [0.15, 0.2) is 24.3 Å². The lowest BCUT2D eigenvalue weighted by Gasteiger charge is -2.12. The highest BCUT2D eigenvalue weighted by Gasteiger charge is 2.30. The minimum atomic E-state index is -4.37. The molecule has 2 rings (SSSR count). The largest absolute Gasteiger partial charge is 0.416 e. The lowest BCUT2D eigenvalue weighted by atomic mass is 10.1.